The molecule has 0 spiro atoms. The molecule has 0 aromatic carbocycles. The number of fused-ring (bicyclic) bond motifs is 1. The van der Waals surface area contributed by atoms with Crippen LogP contribution in [0.25, 0.3) is 11.2 Å². The van der Waals surface area contributed by atoms with Crippen molar-refractivity contribution in [1.82, 2.24) is 14.5 Å². The van der Waals surface area contributed by atoms with Crippen LogP contribution in [0.15, 0.2) is 18.3 Å². The molecule has 0 atom stereocenters. The van der Waals surface area contributed by atoms with Gasteiger partial charge in [0.25, 0.3) is 0 Å². The highest BCUT2D eigenvalue weighted by atomic mass is 15.1. The fourth-order valence-corrected chi connectivity index (χ4v) is 2.04. The van der Waals surface area contributed by atoms with Crippen molar-refractivity contribution in [2.45, 2.75) is 32.2 Å². The van der Waals surface area contributed by atoms with Crippen molar-refractivity contribution in [2.24, 2.45) is 12.8 Å². The third-order valence-electron chi connectivity index (χ3n) is 3.36. The third kappa shape index (κ3) is 1.50. The summed E-state index contributed by atoms with van der Waals surface area (Å²) in [5.41, 5.74) is 7.83. The Morgan fingerprint density at radius 1 is 1.38 bits per heavy atom. The predicted molar refractivity (Wildman–Crippen MR) is 65.0 cm³/mol. The molecule has 0 amide bonds. The summed E-state index contributed by atoms with van der Waals surface area (Å²) in [6.45, 7) is 4.19. The molecule has 2 heterocycles. The summed E-state index contributed by atoms with van der Waals surface area (Å²) in [5, 5.41) is 0. The summed E-state index contributed by atoms with van der Waals surface area (Å²) < 4.78 is 2.05. The molecule has 2 N–H and O–H groups in total. The summed E-state index contributed by atoms with van der Waals surface area (Å²) in [5.74, 6) is 0.922. The summed E-state index contributed by atoms with van der Waals surface area (Å²) in [6, 6.07) is 3.94. The molecule has 4 heteroatoms. The first-order valence-corrected chi connectivity index (χ1v) is 5.69. The minimum Gasteiger partial charge on any atom is -0.328 e. The van der Waals surface area contributed by atoms with Gasteiger partial charge < -0.3 is 10.3 Å². The van der Waals surface area contributed by atoms with Gasteiger partial charge >= 0.3 is 0 Å². The molecule has 0 saturated carbocycles. The van der Waals surface area contributed by atoms with Crippen molar-refractivity contribution >= 4 is 11.2 Å². The first-order chi connectivity index (χ1) is 7.62. The molecule has 2 rings (SSSR count). The lowest BCUT2D eigenvalue weighted by atomic mass is 9.93. The van der Waals surface area contributed by atoms with E-state index in [1.165, 1.54) is 0 Å². The molecule has 0 bridgehead atoms. The van der Waals surface area contributed by atoms with Crippen LogP contribution in [-0.4, -0.2) is 14.5 Å². The maximum absolute atomic E-state index is 6.37. The quantitative estimate of drug-likeness (QED) is 0.856. The molecule has 2 aromatic rings. The highest BCUT2D eigenvalue weighted by Crippen LogP contribution is 2.26. The minimum atomic E-state index is -0.352. The lowest BCUT2D eigenvalue weighted by molar-refractivity contribution is 0.378. The Hall–Kier alpha value is -1.42. The third-order valence-corrected chi connectivity index (χ3v) is 3.36. The van der Waals surface area contributed by atoms with Crippen LogP contribution in [0.2, 0.25) is 0 Å². The van der Waals surface area contributed by atoms with Crippen LogP contribution in [0.3, 0.4) is 0 Å². The summed E-state index contributed by atoms with van der Waals surface area (Å²) >= 11 is 0. The van der Waals surface area contributed by atoms with Crippen LogP contribution in [0.4, 0.5) is 0 Å². The zero-order valence-electron chi connectivity index (χ0n) is 10.1. The number of nitrogens with two attached hydrogens (primary N) is 1. The highest BCUT2D eigenvalue weighted by molar-refractivity contribution is 5.71. The van der Waals surface area contributed by atoms with E-state index in [1.807, 2.05) is 19.2 Å². The second-order valence-electron chi connectivity index (χ2n) is 4.20. The van der Waals surface area contributed by atoms with E-state index in [4.69, 9.17) is 5.73 Å². The Morgan fingerprint density at radius 2 is 2.06 bits per heavy atom. The van der Waals surface area contributed by atoms with Crippen LogP contribution in [0.5, 0.6) is 0 Å². The molecule has 0 aliphatic rings. The lowest BCUT2D eigenvalue weighted by Gasteiger charge is -2.25. The molecular formula is C12H18N4. The number of hydrogen-bond donors (Lipinski definition) is 1. The molecule has 0 radical (unpaired) electrons. The Balaban J connectivity index is 2.65. The van der Waals surface area contributed by atoms with E-state index in [9.17, 15) is 0 Å². The summed E-state index contributed by atoms with van der Waals surface area (Å²) in [6.07, 6.45) is 3.51. The molecule has 0 aliphatic heterocycles. The molecule has 0 fully saturated rings. The summed E-state index contributed by atoms with van der Waals surface area (Å²) in [4.78, 5) is 8.81. The average Bonchev–Trinajstić information content (AvgIpc) is 2.67. The van der Waals surface area contributed by atoms with Gasteiger partial charge in [0.15, 0.2) is 5.65 Å². The van der Waals surface area contributed by atoms with Gasteiger partial charge in [-0.2, -0.15) is 0 Å². The van der Waals surface area contributed by atoms with Crippen LogP contribution >= 0.6 is 0 Å². The van der Waals surface area contributed by atoms with Crippen molar-refractivity contribution in [2.75, 3.05) is 0 Å². The van der Waals surface area contributed by atoms with Gasteiger partial charge in [0.05, 0.1) is 11.1 Å². The number of hydrogen-bond acceptors (Lipinski definition) is 3. The maximum atomic E-state index is 6.37. The number of aromatic nitrogens is 3. The highest BCUT2D eigenvalue weighted by Gasteiger charge is 2.28. The van der Waals surface area contributed by atoms with Crippen molar-refractivity contribution in [3.63, 3.8) is 0 Å². The molecule has 0 aliphatic carbocycles. The summed E-state index contributed by atoms with van der Waals surface area (Å²) in [7, 11) is 2.00. The Morgan fingerprint density at radius 3 is 2.62 bits per heavy atom. The molecule has 0 saturated heterocycles. The first-order valence-electron chi connectivity index (χ1n) is 5.69. The molecule has 4 nitrogen and oxygen atoms in total. The van der Waals surface area contributed by atoms with E-state index in [1.54, 1.807) is 6.20 Å². The van der Waals surface area contributed by atoms with Gasteiger partial charge in [0, 0.05) is 13.2 Å². The smallest absolute Gasteiger partial charge is 0.177 e. The molecule has 0 unspecified atom stereocenters. The molecular weight excluding hydrogens is 200 g/mol. The van der Waals surface area contributed by atoms with Crippen LogP contribution in [-0.2, 0) is 12.6 Å². The van der Waals surface area contributed by atoms with Gasteiger partial charge in [-0.25, -0.2) is 9.97 Å². The predicted octanol–water partition coefficient (Wildman–Crippen LogP) is 1.94. The molecule has 86 valence electrons. The van der Waals surface area contributed by atoms with Crippen molar-refractivity contribution in [3.05, 3.63) is 24.2 Å². The fraction of sp³-hybridized carbons (Fsp3) is 0.500. The Labute approximate surface area is 95.5 Å². The normalized spacial score (nSPS) is 12.2. The molecule has 2 aromatic heterocycles. The van der Waals surface area contributed by atoms with E-state index in [-0.39, 0.29) is 5.54 Å². The minimum absolute atomic E-state index is 0.352. The van der Waals surface area contributed by atoms with Crippen molar-refractivity contribution < 1.29 is 0 Å². The van der Waals surface area contributed by atoms with Gasteiger partial charge in [-0.3, -0.25) is 0 Å². The monoisotopic (exact) mass is 218 g/mol. The Kier molecular flexibility index (Phi) is 2.68. The second-order valence-corrected chi connectivity index (χ2v) is 4.20. The zero-order chi connectivity index (χ0) is 11.8. The van der Waals surface area contributed by atoms with Gasteiger partial charge in [0.1, 0.15) is 5.82 Å². The standard InChI is InChI=1S/C12H18N4/c1-4-12(13,5-2)11-15-10-9(16(11)3)7-6-8-14-10/h6-8H,4-5,13H2,1-3H3. The topological polar surface area (TPSA) is 56.7 Å². The fourth-order valence-electron chi connectivity index (χ4n) is 2.04. The zero-order valence-corrected chi connectivity index (χ0v) is 10.1. The van der Waals surface area contributed by atoms with E-state index in [0.29, 0.717) is 0 Å². The van der Waals surface area contributed by atoms with Crippen molar-refractivity contribution in [3.8, 4) is 0 Å². The number of rotatable bonds is 3. The van der Waals surface area contributed by atoms with Gasteiger partial charge in [-0.05, 0) is 25.0 Å². The second kappa shape index (κ2) is 3.87. The average molecular weight is 218 g/mol. The SMILES string of the molecule is CCC(N)(CC)c1nc2ncccc2n1C. The number of aryl methyl sites for hydroxylation is 1. The largest absolute Gasteiger partial charge is 0.328 e. The van der Waals surface area contributed by atoms with E-state index in [0.717, 1.165) is 29.8 Å². The lowest BCUT2D eigenvalue weighted by Crippen LogP contribution is -2.37. The van der Waals surface area contributed by atoms with E-state index >= 15 is 0 Å². The van der Waals surface area contributed by atoms with Gasteiger partial charge in [-0.1, -0.05) is 13.8 Å². The van der Waals surface area contributed by atoms with Crippen LogP contribution in [0, 0.1) is 0 Å². The van der Waals surface area contributed by atoms with Crippen LogP contribution in [0.1, 0.15) is 32.5 Å². The maximum Gasteiger partial charge on any atom is 0.177 e. The van der Waals surface area contributed by atoms with Crippen molar-refractivity contribution in [1.29, 1.82) is 0 Å². The number of nitrogens with zero attached hydrogens (tertiary/aromatic N) is 3. The van der Waals surface area contributed by atoms with E-state index < -0.39 is 0 Å². The van der Waals surface area contributed by atoms with Crippen LogP contribution < -0.4 is 5.73 Å². The first kappa shape index (κ1) is 11.1. The number of imidazole rings is 1. The Bertz CT molecular complexity index is 497. The van der Waals surface area contributed by atoms with Gasteiger partial charge in [-0.15, -0.1) is 0 Å². The molecule has 16 heavy (non-hydrogen) atoms. The van der Waals surface area contributed by atoms with E-state index in [2.05, 4.69) is 28.4 Å². The number of pyridine rings is 1. The van der Waals surface area contributed by atoms with Gasteiger partial charge in [0.2, 0.25) is 0 Å².